The van der Waals surface area contributed by atoms with E-state index in [2.05, 4.69) is 9.64 Å². The summed E-state index contributed by atoms with van der Waals surface area (Å²) in [6, 6.07) is -0.0588. The molecule has 0 aromatic heterocycles. The van der Waals surface area contributed by atoms with Crippen molar-refractivity contribution in [2.75, 3.05) is 46.2 Å². The molecule has 0 bridgehead atoms. The van der Waals surface area contributed by atoms with Crippen molar-refractivity contribution < 1.29 is 23.1 Å². The van der Waals surface area contributed by atoms with Crippen molar-refractivity contribution in [1.29, 1.82) is 0 Å². The van der Waals surface area contributed by atoms with Crippen LogP contribution >= 0.6 is 0 Å². The van der Waals surface area contributed by atoms with E-state index in [4.69, 9.17) is 5.11 Å². The Kier molecular flexibility index (Phi) is 7.58. The largest absolute Gasteiger partial charge is 0.469 e. The van der Waals surface area contributed by atoms with Gasteiger partial charge >= 0.3 is 5.97 Å². The predicted octanol–water partition coefficient (Wildman–Crippen LogP) is -0.342. The first kappa shape index (κ1) is 18.3. The number of methoxy groups -OCH3 is 1. The van der Waals surface area contributed by atoms with Crippen molar-refractivity contribution in [1.82, 2.24) is 9.21 Å². The monoisotopic (exact) mass is 322 g/mol. The summed E-state index contributed by atoms with van der Waals surface area (Å²) in [6.07, 6.45) is 1.87. The summed E-state index contributed by atoms with van der Waals surface area (Å²) >= 11 is 0. The Morgan fingerprint density at radius 1 is 1.38 bits per heavy atom. The third kappa shape index (κ3) is 5.90. The zero-order valence-electron chi connectivity index (χ0n) is 12.8. The van der Waals surface area contributed by atoms with Crippen LogP contribution in [0.2, 0.25) is 0 Å². The van der Waals surface area contributed by atoms with Crippen molar-refractivity contribution in [3.8, 4) is 0 Å². The summed E-state index contributed by atoms with van der Waals surface area (Å²) in [5.41, 5.74) is 0. The third-order valence-electron chi connectivity index (χ3n) is 3.78. The molecule has 0 unspecified atom stereocenters. The second-order valence-electron chi connectivity index (χ2n) is 5.36. The Labute approximate surface area is 126 Å². The molecule has 0 saturated carbocycles. The van der Waals surface area contributed by atoms with Crippen molar-refractivity contribution in [2.24, 2.45) is 0 Å². The number of nitrogens with zero attached hydrogens (tertiary/aromatic N) is 2. The fourth-order valence-corrected chi connectivity index (χ4v) is 4.32. The number of hydrogen-bond donors (Lipinski definition) is 1. The lowest BCUT2D eigenvalue weighted by Crippen LogP contribution is -2.48. The fourth-order valence-electron chi connectivity index (χ4n) is 2.55. The molecule has 124 valence electrons. The van der Waals surface area contributed by atoms with Crippen LogP contribution < -0.4 is 0 Å². The number of aliphatic hydroxyl groups is 1. The van der Waals surface area contributed by atoms with Gasteiger partial charge in [-0.2, -0.15) is 4.31 Å². The predicted molar refractivity (Wildman–Crippen MR) is 79.3 cm³/mol. The second-order valence-corrected chi connectivity index (χ2v) is 7.41. The van der Waals surface area contributed by atoms with Gasteiger partial charge in [-0.05, 0) is 39.4 Å². The van der Waals surface area contributed by atoms with Crippen LogP contribution in [0, 0.1) is 0 Å². The number of piperidine rings is 1. The van der Waals surface area contributed by atoms with Gasteiger partial charge in [-0.15, -0.1) is 0 Å². The lowest BCUT2D eigenvalue weighted by molar-refractivity contribution is -0.140. The minimum absolute atomic E-state index is 0.0588. The summed E-state index contributed by atoms with van der Waals surface area (Å²) in [7, 11) is -0.162. The summed E-state index contributed by atoms with van der Waals surface area (Å²) in [4.78, 5) is 13.2. The van der Waals surface area contributed by atoms with Crippen LogP contribution in [-0.4, -0.2) is 80.9 Å². The molecular formula is C13H26N2O5S. The van der Waals surface area contributed by atoms with Gasteiger partial charge in [0.15, 0.2) is 0 Å². The SMILES string of the molecule is COC(=O)CCCS(=O)(=O)N(CCO)C1CCN(C)CC1. The van der Waals surface area contributed by atoms with E-state index in [9.17, 15) is 13.2 Å². The normalized spacial score (nSPS) is 18.1. The number of rotatable bonds is 8. The van der Waals surface area contributed by atoms with Crippen molar-refractivity contribution >= 4 is 16.0 Å². The van der Waals surface area contributed by atoms with Crippen LogP contribution in [0.25, 0.3) is 0 Å². The van der Waals surface area contributed by atoms with Gasteiger partial charge in [0.05, 0.1) is 19.5 Å². The van der Waals surface area contributed by atoms with Crippen molar-refractivity contribution in [2.45, 2.75) is 31.7 Å². The van der Waals surface area contributed by atoms with E-state index in [-0.39, 0.29) is 37.8 Å². The fraction of sp³-hybridized carbons (Fsp3) is 0.923. The Balaban J connectivity index is 2.62. The number of hydrogen-bond acceptors (Lipinski definition) is 6. The molecule has 8 heteroatoms. The van der Waals surface area contributed by atoms with E-state index in [1.54, 1.807) is 0 Å². The Morgan fingerprint density at radius 3 is 2.52 bits per heavy atom. The number of aliphatic hydroxyl groups excluding tert-OH is 1. The number of carbonyl (C=O) groups excluding carboxylic acids is 1. The minimum Gasteiger partial charge on any atom is -0.469 e. The smallest absolute Gasteiger partial charge is 0.305 e. The molecule has 1 aliphatic rings. The van der Waals surface area contributed by atoms with Crippen LogP contribution in [0.3, 0.4) is 0 Å². The summed E-state index contributed by atoms with van der Waals surface area (Å²) in [6.45, 7) is 1.63. The zero-order chi connectivity index (χ0) is 15.9. The highest BCUT2D eigenvalue weighted by atomic mass is 32.2. The second kappa shape index (κ2) is 8.67. The molecule has 1 aliphatic heterocycles. The maximum atomic E-state index is 12.4. The topological polar surface area (TPSA) is 87.2 Å². The zero-order valence-corrected chi connectivity index (χ0v) is 13.6. The Hall–Kier alpha value is -0.700. The number of carbonyl (C=O) groups is 1. The van der Waals surface area contributed by atoms with Crippen LogP contribution in [0.15, 0.2) is 0 Å². The van der Waals surface area contributed by atoms with E-state index in [1.807, 2.05) is 7.05 Å². The molecule has 1 heterocycles. The molecule has 1 rings (SSSR count). The van der Waals surface area contributed by atoms with E-state index in [1.165, 1.54) is 11.4 Å². The van der Waals surface area contributed by atoms with Gasteiger partial charge in [-0.1, -0.05) is 0 Å². The summed E-state index contributed by atoms with van der Waals surface area (Å²) in [5, 5.41) is 9.14. The number of ether oxygens (including phenoxy) is 1. The van der Waals surface area contributed by atoms with Gasteiger partial charge in [0.1, 0.15) is 0 Å². The number of sulfonamides is 1. The van der Waals surface area contributed by atoms with E-state index in [0.29, 0.717) is 0 Å². The maximum Gasteiger partial charge on any atom is 0.305 e. The average Bonchev–Trinajstić information content (AvgIpc) is 2.45. The summed E-state index contributed by atoms with van der Waals surface area (Å²) < 4.78 is 30.8. The first-order valence-electron chi connectivity index (χ1n) is 7.26. The number of esters is 1. The molecule has 1 fully saturated rings. The molecule has 0 radical (unpaired) electrons. The van der Waals surface area contributed by atoms with E-state index >= 15 is 0 Å². The van der Waals surface area contributed by atoms with Crippen molar-refractivity contribution in [3.63, 3.8) is 0 Å². The van der Waals surface area contributed by atoms with Crippen molar-refractivity contribution in [3.05, 3.63) is 0 Å². The summed E-state index contributed by atoms with van der Waals surface area (Å²) in [5.74, 6) is -0.493. The Bertz CT molecular complexity index is 418. The van der Waals surface area contributed by atoms with Crippen LogP contribution in [0.1, 0.15) is 25.7 Å². The van der Waals surface area contributed by atoms with Crippen LogP contribution in [-0.2, 0) is 19.6 Å². The first-order valence-corrected chi connectivity index (χ1v) is 8.87. The lowest BCUT2D eigenvalue weighted by Gasteiger charge is -2.36. The van der Waals surface area contributed by atoms with Gasteiger partial charge in [-0.3, -0.25) is 4.79 Å². The molecule has 1 N–H and O–H groups in total. The average molecular weight is 322 g/mol. The highest BCUT2D eigenvalue weighted by molar-refractivity contribution is 7.89. The first-order chi connectivity index (χ1) is 9.90. The van der Waals surface area contributed by atoms with E-state index < -0.39 is 16.0 Å². The molecule has 0 amide bonds. The van der Waals surface area contributed by atoms with Gasteiger partial charge in [-0.25, -0.2) is 8.42 Å². The van der Waals surface area contributed by atoms with Crippen LogP contribution in [0.5, 0.6) is 0 Å². The van der Waals surface area contributed by atoms with Crippen LogP contribution in [0.4, 0.5) is 0 Å². The molecule has 7 nitrogen and oxygen atoms in total. The molecule has 21 heavy (non-hydrogen) atoms. The molecule has 0 aromatic rings. The minimum atomic E-state index is -3.46. The van der Waals surface area contributed by atoms with E-state index in [0.717, 1.165) is 25.9 Å². The standard InChI is InChI=1S/C13H26N2O5S/c1-14-7-5-12(6-8-14)15(9-10-16)21(18,19)11-3-4-13(17)20-2/h12,16H,3-11H2,1-2H3. The third-order valence-corrected chi connectivity index (χ3v) is 5.78. The highest BCUT2D eigenvalue weighted by Crippen LogP contribution is 2.19. The molecule has 0 aliphatic carbocycles. The molecule has 1 saturated heterocycles. The molecule has 0 spiro atoms. The van der Waals surface area contributed by atoms with Gasteiger partial charge in [0, 0.05) is 19.0 Å². The molecular weight excluding hydrogens is 296 g/mol. The number of likely N-dealkylation sites (tertiary alicyclic amines) is 1. The quantitative estimate of drug-likeness (QED) is 0.615. The lowest BCUT2D eigenvalue weighted by atomic mass is 10.1. The Morgan fingerprint density at radius 2 is 2.00 bits per heavy atom. The van der Waals surface area contributed by atoms with Gasteiger partial charge in [0.2, 0.25) is 10.0 Å². The maximum absolute atomic E-state index is 12.4. The van der Waals surface area contributed by atoms with Gasteiger partial charge < -0.3 is 14.7 Å². The molecule has 0 aromatic carbocycles. The van der Waals surface area contributed by atoms with Gasteiger partial charge in [0.25, 0.3) is 0 Å². The highest BCUT2D eigenvalue weighted by Gasteiger charge is 2.31. The molecule has 0 atom stereocenters.